The summed E-state index contributed by atoms with van der Waals surface area (Å²) in [6, 6.07) is 9.76. The van der Waals surface area contributed by atoms with Crippen LogP contribution in [0.2, 0.25) is 0 Å². The number of hydrogen-bond donors (Lipinski definition) is 0. The Labute approximate surface area is 218 Å². The summed E-state index contributed by atoms with van der Waals surface area (Å²) in [6.07, 6.45) is 6.24. The molecule has 1 aliphatic carbocycles. The van der Waals surface area contributed by atoms with E-state index in [0.717, 1.165) is 36.9 Å². The molecule has 3 aromatic rings. The first kappa shape index (κ1) is 26.8. The molecule has 2 heterocycles. The number of carbonyl (C=O) groups is 1. The molecule has 0 saturated heterocycles. The molecule has 8 heteroatoms. The SMILES string of the molecule is C=C(CCF)C(=O)N(CCCCCc1cc(C2CC2)n(C)n1)c1cccc(-c2noc(C(C)(C)C)n2)c1. The summed E-state index contributed by atoms with van der Waals surface area (Å²) < 4.78 is 20.5. The smallest absolute Gasteiger partial charge is 0.253 e. The Kier molecular flexibility index (Phi) is 8.25. The standard InChI is InChI=1S/C29H38FN5O2/c1-20(15-16-30)27(36)35(17-8-6-7-11-23-19-25(21-13-14-21)34(5)32-23)24-12-9-10-22(18-24)26-31-28(37-33-26)29(2,3)4/h9-10,12,18-19,21H,1,6-8,11,13-17H2,2-5H3. The number of aromatic nitrogens is 4. The minimum atomic E-state index is -0.607. The van der Waals surface area contributed by atoms with Crippen molar-refractivity contribution in [3.8, 4) is 11.4 Å². The van der Waals surface area contributed by atoms with Crippen LogP contribution in [0.3, 0.4) is 0 Å². The van der Waals surface area contributed by atoms with Crippen LogP contribution in [0.1, 0.15) is 82.5 Å². The molecule has 198 valence electrons. The number of anilines is 1. The van der Waals surface area contributed by atoms with Crippen LogP contribution in [0.4, 0.5) is 10.1 Å². The highest BCUT2D eigenvalue weighted by Crippen LogP contribution is 2.40. The van der Waals surface area contributed by atoms with Gasteiger partial charge in [-0.15, -0.1) is 0 Å². The van der Waals surface area contributed by atoms with Gasteiger partial charge in [0.15, 0.2) is 0 Å². The predicted molar refractivity (Wildman–Crippen MR) is 143 cm³/mol. The second-order valence-corrected chi connectivity index (χ2v) is 11.0. The van der Waals surface area contributed by atoms with Gasteiger partial charge in [0.25, 0.3) is 5.91 Å². The van der Waals surface area contributed by atoms with Gasteiger partial charge in [-0.25, -0.2) is 0 Å². The number of nitrogens with zero attached hydrogens (tertiary/aromatic N) is 5. The molecule has 4 rings (SSSR count). The molecule has 2 aromatic heterocycles. The van der Waals surface area contributed by atoms with Crippen molar-refractivity contribution in [1.82, 2.24) is 19.9 Å². The molecular weight excluding hydrogens is 469 g/mol. The van der Waals surface area contributed by atoms with Crippen LogP contribution < -0.4 is 4.90 Å². The molecule has 0 aliphatic heterocycles. The van der Waals surface area contributed by atoms with Gasteiger partial charge in [0.05, 0.1) is 12.4 Å². The first-order chi connectivity index (χ1) is 17.7. The van der Waals surface area contributed by atoms with Crippen LogP contribution in [0.15, 0.2) is 47.0 Å². The van der Waals surface area contributed by atoms with Gasteiger partial charge in [-0.2, -0.15) is 10.1 Å². The van der Waals surface area contributed by atoms with Crippen LogP contribution in [-0.2, 0) is 23.7 Å². The van der Waals surface area contributed by atoms with Crippen molar-refractivity contribution >= 4 is 11.6 Å². The van der Waals surface area contributed by atoms with Crippen molar-refractivity contribution in [2.24, 2.45) is 7.05 Å². The fourth-order valence-electron chi connectivity index (χ4n) is 4.40. The number of hydrogen-bond acceptors (Lipinski definition) is 5. The van der Waals surface area contributed by atoms with E-state index in [1.807, 2.05) is 56.8 Å². The van der Waals surface area contributed by atoms with Crippen molar-refractivity contribution in [3.63, 3.8) is 0 Å². The van der Waals surface area contributed by atoms with Crippen LogP contribution in [-0.4, -0.2) is 39.0 Å². The van der Waals surface area contributed by atoms with E-state index in [4.69, 9.17) is 4.52 Å². The highest BCUT2D eigenvalue weighted by molar-refractivity contribution is 6.05. The molecule has 0 spiro atoms. The lowest BCUT2D eigenvalue weighted by atomic mass is 9.97. The fourth-order valence-corrected chi connectivity index (χ4v) is 4.40. The second-order valence-electron chi connectivity index (χ2n) is 11.0. The molecule has 0 unspecified atom stereocenters. The summed E-state index contributed by atoms with van der Waals surface area (Å²) in [6.45, 7) is 9.78. The van der Waals surface area contributed by atoms with E-state index in [2.05, 4.69) is 27.9 Å². The lowest BCUT2D eigenvalue weighted by molar-refractivity contribution is -0.115. The van der Waals surface area contributed by atoms with Crippen molar-refractivity contribution in [2.75, 3.05) is 18.1 Å². The molecule has 0 bridgehead atoms. The van der Waals surface area contributed by atoms with E-state index < -0.39 is 6.67 Å². The molecule has 0 radical (unpaired) electrons. The Morgan fingerprint density at radius 3 is 2.68 bits per heavy atom. The molecule has 1 amide bonds. The number of aryl methyl sites for hydroxylation is 2. The Bertz CT molecular complexity index is 1240. The molecule has 1 fully saturated rings. The van der Waals surface area contributed by atoms with Crippen LogP contribution in [0, 0.1) is 0 Å². The topological polar surface area (TPSA) is 77.0 Å². The quantitative estimate of drug-likeness (QED) is 0.212. The molecule has 37 heavy (non-hydrogen) atoms. The predicted octanol–water partition coefficient (Wildman–Crippen LogP) is 6.31. The Morgan fingerprint density at radius 2 is 2.00 bits per heavy atom. The molecule has 0 atom stereocenters. The van der Waals surface area contributed by atoms with E-state index in [0.29, 0.717) is 29.9 Å². The van der Waals surface area contributed by atoms with Gasteiger partial charge in [-0.1, -0.05) is 51.1 Å². The van der Waals surface area contributed by atoms with E-state index in [-0.39, 0.29) is 23.3 Å². The number of benzene rings is 1. The molecule has 7 nitrogen and oxygen atoms in total. The maximum Gasteiger partial charge on any atom is 0.253 e. The van der Waals surface area contributed by atoms with Crippen molar-refractivity contribution in [1.29, 1.82) is 0 Å². The summed E-state index contributed by atoms with van der Waals surface area (Å²) in [5.41, 5.74) is 3.95. The Morgan fingerprint density at radius 1 is 1.22 bits per heavy atom. The molecule has 0 N–H and O–H groups in total. The van der Waals surface area contributed by atoms with Gasteiger partial charge < -0.3 is 9.42 Å². The van der Waals surface area contributed by atoms with Gasteiger partial charge in [0.2, 0.25) is 11.7 Å². The number of amides is 1. The van der Waals surface area contributed by atoms with Gasteiger partial charge in [0.1, 0.15) is 0 Å². The zero-order valence-corrected chi connectivity index (χ0v) is 22.5. The van der Waals surface area contributed by atoms with E-state index >= 15 is 0 Å². The number of carbonyl (C=O) groups excluding carboxylic acids is 1. The van der Waals surface area contributed by atoms with Gasteiger partial charge in [-0.05, 0) is 50.3 Å². The molecule has 1 saturated carbocycles. The van der Waals surface area contributed by atoms with E-state index in [9.17, 15) is 9.18 Å². The Hall–Kier alpha value is -3.29. The number of alkyl halides is 1. The van der Waals surface area contributed by atoms with Crippen LogP contribution in [0.5, 0.6) is 0 Å². The zero-order chi connectivity index (χ0) is 26.6. The lowest BCUT2D eigenvalue weighted by Gasteiger charge is -2.24. The summed E-state index contributed by atoms with van der Waals surface area (Å²) in [7, 11) is 2.03. The average molecular weight is 508 g/mol. The van der Waals surface area contributed by atoms with Gasteiger partial charge >= 0.3 is 0 Å². The third-order valence-electron chi connectivity index (χ3n) is 6.70. The highest BCUT2D eigenvalue weighted by Gasteiger charge is 2.27. The van der Waals surface area contributed by atoms with Crippen molar-refractivity contribution in [2.45, 2.75) is 77.0 Å². The monoisotopic (exact) mass is 507 g/mol. The minimum absolute atomic E-state index is 0.0256. The minimum Gasteiger partial charge on any atom is -0.338 e. The lowest BCUT2D eigenvalue weighted by Crippen LogP contribution is -2.33. The third kappa shape index (κ3) is 6.73. The molecular formula is C29H38FN5O2. The van der Waals surface area contributed by atoms with Crippen LogP contribution in [0.25, 0.3) is 11.4 Å². The summed E-state index contributed by atoms with van der Waals surface area (Å²) in [5.74, 6) is 1.46. The fraction of sp³-hybridized carbons (Fsp3) is 0.517. The van der Waals surface area contributed by atoms with E-state index in [1.54, 1.807) is 4.90 Å². The van der Waals surface area contributed by atoms with E-state index in [1.165, 1.54) is 18.5 Å². The maximum atomic E-state index is 13.2. The summed E-state index contributed by atoms with van der Waals surface area (Å²) in [5, 5.41) is 8.80. The first-order valence-electron chi connectivity index (χ1n) is 13.2. The maximum absolute atomic E-state index is 13.2. The number of unbranched alkanes of at least 4 members (excludes halogenated alkanes) is 2. The first-order valence-corrected chi connectivity index (χ1v) is 13.2. The normalized spacial score (nSPS) is 13.6. The number of rotatable bonds is 12. The van der Waals surface area contributed by atoms with Crippen LogP contribution >= 0.6 is 0 Å². The van der Waals surface area contributed by atoms with Gasteiger partial charge in [0, 0.05) is 53.9 Å². The molecule has 1 aromatic carbocycles. The Balaban J connectivity index is 1.42. The van der Waals surface area contributed by atoms with Crippen molar-refractivity contribution < 1.29 is 13.7 Å². The summed E-state index contributed by atoms with van der Waals surface area (Å²) >= 11 is 0. The second kappa shape index (κ2) is 11.4. The number of halogens is 1. The van der Waals surface area contributed by atoms with Crippen molar-refractivity contribution in [3.05, 3.63) is 59.8 Å². The average Bonchev–Trinajstić information content (AvgIpc) is 3.43. The highest BCUT2D eigenvalue weighted by atomic mass is 19.1. The summed E-state index contributed by atoms with van der Waals surface area (Å²) in [4.78, 5) is 19.4. The molecule has 1 aliphatic rings. The largest absolute Gasteiger partial charge is 0.338 e. The van der Waals surface area contributed by atoms with Gasteiger partial charge in [-0.3, -0.25) is 13.9 Å². The third-order valence-corrected chi connectivity index (χ3v) is 6.70. The zero-order valence-electron chi connectivity index (χ0n) is 22.5.